The van der Waals surface area contributed by atoms with Gasteiger partial charge >= 0.3 is 0 Å². The van der Waals surface area contributed by atoms with E-state index in [0.717, 1.165) is 17.8 Å². The largest absolute Gasteiger partial charge is 0.0651 e. The summed E-state index contributed by atoms with van der Waals surface area (Å²) in [6.07, 6.45) is 11.8. The lowest BCUT2D eigenvalue weighted by molar-refractivity contribution is -0.0549. The summed E-state index contributed by atoms with van der Waals surface area (Å²) in [5.74, 6) is 2.99. The molecule has 3 fully saturated rings. The molecule has 3 saturated carbocycles. The molecule has 4 atom stereocenters. The fourth-order valence-electron chi connectivity index (χ4n) is 5.19. The van der Waals surface area contributed by atoms with Crippen molar-refractivity contribution in [3.05, 3.63) is 0 Å². The molecule has 0 aliphatic heterocycles. The van der Waals surface area contributed by atoms with Gasteiger partial charge in [-0.1, -0.05) is 66.7 Å². The highest BCUT2D eigenvalue weighted by Crippen LogP contribution is 2.58. The first-order chi connectivity index (χ1) is 8.36. The van der Waals surface area contributed by atoms with Crippen molar-refractivity contribution < 1.29 is 0 Å². The monoisotopic (exact) mass is 250 g/mol. The second-order valence-corrected chi connectivity index (χ2v) is 8.51. The van der Waals surface area contributed by atoms with Gasteiger partial charge in [0.2, 0.25) is 0 Å². The third-order valence-electron chi connectivity index (χ3n) is 6.27. The molecule has 0 spiro atoms. The second kappa shape index (κ2) is 5.17. The zero-order valence-corrected chi connectivity index (χ0v) is 13.4. The zero-order chi connectivity index (χ0) is 13.4. The van der Waals surface area contributed by atoms with Crippen LogP contribution in [0.5, 0.6) is 0 Å². The topological polar surface area (TPSA) is 0 Å². The molecule has 0 aromatic heterocycles. The van der Waals surface area contributed by atoms with Gasteiger partial charge in [0.15, 0.2) is 0 Å². The third-order valence-corrected chi connectivity index (χ3v) is 6.27. The zero-order valence-electron chi connectivity index (χ0n) is 13.4. The van der Waals surface area contributed by atoms with Gasteiger partial charge < -0.3 is 0 Å². The summed E-state index contributed by atoms with van der Waals surface area (Å²) in [5.41, 5.74) is 1.20. The van der Waals surface area contributed by atoms with E-state index >= 15 is 0 Å². The van der Waals surface area contributed by atoms with Gasteiger partial charge in [-0.05, 0) is 47.8 Å². The van der Waals surface area contributed by atoms with Crippen molar-refractivity contribution in [3.8, 4) is 0 Å². The minimum Gasteiger partial charge on any atom is -0.0651 e. The van der Waals surface area contributed by atoms with Gasteiger partial charge in [0.25, 0.3) is 0 Å². The van der Waals surface area contributed by atoms with Crippen LogP contribution < -0.4 is 0 Å². The second-order valence-electron chi connectivity index (χ2n) is 8.51. The maximum absolute atomic E-state index is 2.56. The molecule has 0 nitrogen and oxygen atoms in total. The van der Waals surface area contributed by atoms with Gasteiger partial charge in [0.05, 0.1) is 0 Å². The molecule has 0 N–H and O–H groups in total. The first-order valence-corrected chi connectivity index (χ1v) is 8.36. The van der Waals surface area contributed by atoms with E-state index in [1.165, 1.54) is 51.4 Å². The maximum atomic E-state index is 2.56. The van der Waals surface area contributed by atoms with E-state index in [2.05, 4.69) is 34.6 Å². The highest BCUT2D eigenvalue weighted by Gasteiger charge is 2.49. The molecule has 0 heterocycles. The summed E-state index contributed by atoms with van der Waals surface area (Å²) in [5, 5.41) is 0. The fourth-order valence-corrected chi connectivity index (χ4v) is 5.19. The van der Waals surface area contributed by atoms with Crippen molar-refractivity contribution in [1.82, 2.24) is 0 Å². The molecular formula is C18H34. The van der Waals surface area contributed by atoms with Crippen LogP contribution in [0.2, 0.25) is 0 Å². The molecule has 3 rings (SSSR count). The molecule has 4 unspecified atom stereocenters. The molecule has 0 aromatic rings. The maximum Gasteiger partial charge on any atom is -0.0290 e. The lowest BCUT2D eigenvalue weighted by Crippen LogP contribution is -2.46. The molecular weight excluding hydrogens is 216 g/mol. The van der Waals surface area contributed by atoms with Gasteiger partial charge in [0.1, 0.15) is 0 Å². The fraction of sp³-hybridized carbons (Fsp3) is 1.00. The molecule has 18 heavy (non-hydrogen) atoms. The Morgan fingerprint density at radius 3 is 2.28 bits per heavy atom. The molecule has 0 amide bonds. The van der Waals surface area contributed by atoms with Crippen molar-refractivity contribution >= 4 is 0 Å². The molecule has 0 aromatic carbocycles. The molecule has 3 aliphatic carbocycles. The Morgan fingerprint density at radius 2 is 1.67 bits per heavy atom. The van der Waals surface area contributed by atoms with Crippen LogP contribution in [0.1, 0.15) is 86.0 Å². The Hall–Kier alpha value is 0. The van der Waals surface area contributed by atoms with Crippen molar-refractivity contribution in [2.45, 2.75) is 86.0 Å². The molecule has 0 saturated heterocycles. The standard InChI is InChI=1S/C18H34/c1-6-15-9-7-8-10-16-12-18(5,14(16)2)13-17(3,4)11-15/h14-16H,6-13H2,1-5H3. The van der Waals surface area contributed by atoms with Gasteiger partial charge in [-0.3, -0.25) is 0 Å². The van der Waals surface area contributed by atoms with Crippen molar-refractivity contribution in [2.75, 3.05) is 0 Å². The van der Waals surface area contributed by atoms with E-state index in [-0.39, 0.29) is 0 Å². The summed E-state index contributed by atoms with van der Waals surface area (Å²) < 4.78 is 0. The number of hydrogen-bond donors (Lipinski definition) is 0. The molecule has 3 aliphatic rings. The minimum absolute atomic E-state index is 0.555. The Bertz CT molecular complexity index is 278. The van der Waals surface area contributed by atoms with Crippen LogP contribution in [0.15, 0.2) is 0 Å². The van der Waals surface area contributed by atoms with Gasteiger partial charge in [0, 0.05) is 0 Å². The van der Waals surface area contributed by atoms with Crippen LogP contribution in [0.25, 0.3) is 0 Å². The SMILES string of the molecule is CCC1CCCCC2CC(C)(CC(C)(C)C1)C2C. The highest BCUT2D eigenvalue weighted by molar-refractivity contribution is 4.99. The normalized spacial score (nSPS) is 44.8. The third kappa shape index (κ3) is 2.94. The smallest absolute Gasteiger partial charge is 0.0290 e. The van der Waals surface area contributed by atoms with Crippen LogP contribution in [-0.4, -0.2) is 0 Å². The first-order valence-electron chi connectivity index (χ1n) is 8.36. The van der Waals surface area contributed by atoms with Crippen LogP contribution in [-0.2, 0) is 0 Å². The van der Waals surface area contributed by atoms with Crippen molar-refractivity contribution in [3.63, 3.8) is 0 Å². The van der Waals surface area contributed by atoms with Crippen LogP contribution in [0.3, 0.4) is 0 Å². The summed E-state index contributed by atoms with van der Waals surface area (Å²) >= 11 is 0. The van der Waals surface area contributed by atoms with E-state index in [9.17, 15) is 0 Å². The number of hydrogen-bond acceptors (Lipinski definition) is 0. The van der Waals surface area contributed by atoms with Gasteiger partial charge in [-0.15, -0.1) is 0 Å². The predicted molar refractivity (Wildman–Crippen MR) is 80.6 cm³/mol. The Balaban J connectivity index is 2.09. The first kappa shape index (κ1) is 14.4. The van der Waals surface area contributed by atoms with E-state index in [1.54, 1.807) is 0 Å². The average molecular weight is 250 g/mol. The average Bonchev–Trinajstić information content (AvgIpc) is 2.32. The summed E-state index contributed by atoms with van der Waals surface area (Å²) in [6, 6.07) is 0. The predicted octanol–water partition coefficient (Wildman–Crippen LogP) is 6.06. The quantitative estimate of drug-likeness (QED) is 0.531. The minimum atomic E-state index is 0.555. The van der Waals surface area contributed by atoms with E-state index < -0.39 is 0 Å². The summed E-state index contributed by atoms with van der Waals surface area (Å²) in [6.45, 7) is 12.5. The van der Waals surface area contributed by atoms with Gasteiger partial charge in [-0.2, -0.15) is 0 Å². The molecule has 0 radical (unpaired) electrons. The van der Waals surface area contributed by atoms with E-state index in [1.807, 2.05) is 0 Å². The lowest BCUT2D eigenvalue weighted by Gasteiger charge is -2.55. The summed E-state index contributed by atoms with van der Waals surface area (Å²) in [7, 11) is 0. The molecule has 2 bridgehead atoms. The Kier molecular flexibility index (Phi) is 4.14. The van der Waals surface area contributed by atoms with Crippen molar-refractivity contribution in [1.29, 1.82) is 0 Å². The molecule has 106 valence electrons. The molecule has 0 heteroatoms. The van der Waals surface area contributed by atoms with Crippen LogP contribution in [0, 0.1) is 28.6 Å². The number of rotatable bonds is 1. The lowest BCUT2D eigenvalue weighted by atomic mass is 9.50. The van der Waals surface area contributed by atoms with E-state index in [4.69, 9.17) is 0 Å². The highest BCUT2D eigenvalue weighted by atomic mass is 14.5. The van der Waals surface area contributed by atoms with Crippen LogP contribution >= 0.6 is 0 Å². The number of fused-ring (bicyclic) bond motifs is 7. The Morgan fingerprint density at radius 1 is 1.00 bits per heavy atom. The van der Waals surface area contributed by atoms with Crippen molar-refractivity contribution in [2.24, 2.45) is 28.6 Å². The van der Waals surface area contributed by atoms with E-state index in [0.29, 0.717) is 10.8 Å². The Labute approximate surface area is 115 Å². The summed E-state index contributed by atoms with van der Waals surface area (Å²) in [4.78, 5) is 0. The van der Waals surface area contributed by atoms with Crippen LogP contribution in [0.4, 0.5) is 0 Å². The van der Waals surface area contributed by atoms with Gasteiger partial charge in [-0.25, -0.2) is 0 Å².